The molecule has 0 radical (unpaired) electrons. The van der Waals surface area contributed by atoms with Crippen LogP contribution in [0.25, 0.3) is 16.3 Å². The third-order valence-corrected chi connectivity index (χ3v) is 5.60. The fourth-order valence-corrected chi connectivity index (χ4v) is 3.94. The molecule has 0 saturated heterocycles. The lowest BCUT2D eigenvalue weighted by Gasteiger charge is -2.17. The second kappa shape index (κ2) is 10.5. The molecule has 0 fully saturated rings. The molecule has 4 rings (SSSR count). The minimum absolute atomic E-state index is 0.124. The van der Waals surface area contributed by atoms with Crippen molar-refractivity contribution >= 4 is 28.2 Å². The van der Waals surface area contributed by atoms with Crippen molar-refractivity contribution in [2.24, 2.45) is 0 Å². The summed E-state index contributed by atoms with van der Waals surface area (Å²) in [6, 6.07) is 7.93. The van der Waals surface area contributed by atoms with Crippen molar-refractivity contribution in [3.63, 3.8) is 0 Å². The first-order valence-corrected chi connectivity index (χ1v) is 11.3. The molecular formula is C22H22N6O7S. The van der Waals surface area contributed by atoms with Crippen LogP contribution in [-0.4, -0.2) is 57.9 Å². The zero-order valence-electron chi connectivity index (χ0n) is 19.4. The molecule has 3 aromatic heterocycles. The Labute approximate surface area is 208 Å². The van der Waals surface area contributed by atoms with Gasteiger partial charge in [0.15, 0.2) is 5.76 Å². The van der Waals surface area contributed by atoms with E-state index in [9.17, 15) is 14.7 Å². The van der Waals surface area contributed by atoms with Gasteiger partial charge in [-0.25, -0.2) is 4.79 Å². The number of aliphatic hydroxyl groups excluding tert-OH is 1. The number of aliphatic hydroxyl groups is 1. The molecule has 36 heavy (non-hydrogen) atoms. The number of amides is 1. The van der Waals surface area contributed by atoms with Gasteiger partial charge in [-0.3, -0.25) is 10.1 Å². The van der Waals surface area contributed by atoms with Crippen LogP contribution in [0, 0.1) is 0 Å². The third-order valence-electron chi connectivity index (χ3n) is 4.79. The van der Waals surface area contributed by atoms with Crippen LogP contribution in [0.2, 0.25) is 0 Å². The Morgan fingerprint density at radius 1 is 1.25 bits per heavy atom. The van der Waals surface area contributed by atoms with Gasteiger partial charge >= 0.3 is 5.63 Å². The molecule has 13 nitrogen and oxygen atoms in total. The highest BCUT2D eigenvalue weighted by Gasteiger charge is 2.25. The normalized spacial score (nSPS) is 11.7. The van der Waals surface area contributed by atoms with E-state index in [1.54, 1.807) is 24.3 Å². The first-order valence-electron chi connectivity index (χ1n) is 10.5. The van der Waals surface area contributed by atoms with Gasteiger partial charge in [0.25, 0.3) is 5.91 Å². The predicted octanol–water partition coefficient (Wildman–Crippen LogP) is 1.96. The lowest BCUT2D eigenvalue weighted by molar-refractivity contribution is 0.0986. The number of methoxy groups -OCH3 is 2. The van der Waals surface area contributed by atoms with E-state index in [0.29, 0.717) is 28.0 Å². The molecule has 1 aromatic carbocycles. The molecular weight excluding hydrogens is 492 g/mol. The smallest absolute Gasteiger partial charge is 0.379 e. The van der Waals surface area contributed by atoms with Gasteiger partial charge in [-0.05, 0) is 25.1 Å². The molecule has 1 amide bonds. The molecule has 0 spiro atoms. The van der Waals surface area contributed by atoms with Crippen molar-refractivity contribution in [3.8, 4) is 33.5 Å². The molecule has 0 saturated carbocycles. The van der Waals surface area contributed by atoms with Crippen LogP contribution in [0.4, 0.5) is 10.9 Å². The molecule has 1 atom stereocenters. The molecule has 4 N–H and O–H groups in total. The Hall–Kier alpha value is -4.43. The van der Waals surface area contributed by atoms with Gasteiger partial charge in [0.05, 0.1) is 32.1 Å². The second-order valence-electron chi connectivity index (χ2n) is 7.35. The van der Waals surface area contributed by atoms with E-state index in [1.807, 2.05) is 0 Å². The number of aromatic nitrogens is 4. The number of nitrogens with one attached hydrogen (secondary N) is 1. The number of anilines is 2. The fraction of sp³-hybridized carbons (Fsp3) is 0.227. The highest BCUT2D eigenvalue weighted by atomic mass is 32.1. The van der Waals surface area contributed by atoms with Gasteiger partial charge in [-0.15, -0.1) is 10.2 Å². The van der Waals surface area contributed by atoms with Gasteiger partial charge in [0.1, 0.15) is 23.9 Å². The summed E-state index contributed by atoms with van der Waals surface area (Å²) >= 11 is 1.01. The quantitative estimate of drug-likeness (QED) is 0.297. The Kier molecular flexibility index (Phi) is 7.17. The average molecular weight is 515 g/mol. The third kappa shape index (κ3) is 4.99. The van der Waals surface area contributed by atoms with Crippen LogP contribution in [0.5, 0.6) is 17.2 Å². The molecule has 4 aromatic rings. The Balaban J connectivity index is 1.75. The zero-order valence-corrected chi connectivity index (χ0v) is 20.2. The minimum atomic E-state index is -0.937. The standard InChI is InChI=1S/C22H22N6O7S/c1-11(29)10-34-18-12(17-13(32-2)5-4-6-14(17)33-3)9-15(35-20(18)31)19(30)25-21-26-27-22(36-21)28-16(23)7-8-24-28/h4-9,11,29H,10,23H2,1-3H3,(H,25,26,30)/t11-/m0/s1. The van der Waals surface area contributed by atoms with Crippen LogP contribution in [-0.2, 0) is 0 Å². The second-order valence-corrected chi connectivity index (χ2v) is 8.31. The van der Waals surface area contributed by atoms with E-state index in [0.717, 1.165) is 11.3 Å². The number of nitrogen functional groups attached to an aromatic ring is 1. The maximum atomic E-state index is 13.0. The molecule has 0 bridgehead atoms. The number of ether oxygens (including phenoxy) is 3. The monoisotopic (exact) mass is 514 g/mol. The number of carbonyl (C=O) groups excluding carboxylic acids is 1. The van der Waals surface area contributed by atoms with Crippen LogP contribution in [0.1, 0.15) is 17.5 Å². The summed E-state index contributed by atoms with van der Waals surface area (Å²) in [6.07, 6.45) is 0.633. The van der Waals surface area contributed by atoms with Gasteiger partial charge in [-0.2, -0.15) is 9.78 Å². The summed E-state index contributed by atoms with van der Waals surface area (Å²) in [4.78, 5) is 25.9. The fourth-order valence-electron chi connectivity index (χ4n) is 3.22. The van der Waals surface area contributed by atoms with Crippen LogP contribution < -0.4 is 30.9 Å². The molecule has 0 aliphatic heterocycles. The van der Waals surface area contributed by atoms with E-state index < -0.39 is 17.6 Å². The number of carbonyl (C=O) groups is 1. The number of hydrogen-bond acceptors (Lipinski definition) is 12. The molecule has 0 aliphatic rings. The van der Waals surface area contributed by atoms with E-state index >= 15 is 0 Å². The number of rotatable bonds is 9. The number of hydrogen-bond donors (Lipinski definition) is 3. The molecule has 3 heterocycles. The van der Waals surface area contributed by atoms with Crippen molar-refractivity contribution in [1.82, 2.24) is 20.0 Å². The van der Waals surface area contributed by atoms with E-state index in [4.69, 9.17) is 24.4 Å². The lowest BCUT2D eigenvalue weighted by atomic mass is 10.0. The van der Waals surface area contributed by atoms with Gasteiger partial charge in [0.2, 0.25) is 16.0 Å². The summed E-state index contributed by atoms with van der Waals surface area (Å²) in [5.41, 5.74) is 5.42. The average Bonchev–Trinajstić information content (AvgIpc) is 3.50. The molecule has 188 valence electrons. The highest BCUT2D eigenvalue weighted by molar-refractivity contribution is 7.17. The first kappa shape index (κ1) is 24.7. The van der Waals surface area contributed by atoms with Gasteiger partial charge in [-0.1, -0.05) is 17.4 Å². The van der Waals surface area contributed by atoms with Crippen molar-refractivity contribution in [1.29, 1.82) is 0 Å². The summed E-state index contributed by atoms with van der Waals surface area (Å²) in [6.45, 7) is 1.31. The first-order chi connectivity index (χ1) is 17.3. The molecule has 0 aliphatic carbocycles. The lowest BCUT2D eigenvalue weighted by Crippen LogP contribution is -2.20. The van der Waals surface area contributed by atoms with Crippen LogP contribution in [0.3, 0.4) is 0 Å². The van der Waals surface area contributed by atoms with Gasteiger partial charge < -0.3 is 29.5 Å². The van der Waals surface area contributed by atoms with Crippen molar-refractivity contribution in [2.45, 2.75) is 13.0 Å². The maximum Gasteiger partial charge on any atom is 0.379 e. The Bertz CT molecular complexity index is 1420. The maximum absolute atomic E-state index is 13.0. The Morgan fingerprint density at radius 3 is 2.58 bits per heavy atom. The summed E-state index contributed by atoms with van der Waals surface area (Å²) < 4.78 is 23.1. The number of nitrogens with zero attached hydrogens (tertiary/aromatic N) is 4. The Morgan fingerprint density at radius 2 is 1.97 bits per heavy atom. The number of benzene rings is 1. The zero-order chi connectivity index (χ0) is 25.8. The van der Waals surface area contributed by atoms with Crippen molar-refractivity contribution in [2.75, 3.05) is 31.9 Å². The number of nitrogens with two attached hydrogens (primary N) is 1. The van der Waals surface area contributed by atoms with Crippen molar-refractivity contribution < 1.29 is 28.5 Å². The summed E-state index contributed by atoms with van der Waals surface area (Å²) in [5, 5.41) is 24.6. The highest BCUT2D eigenvalue weighted by Crippen LogP contribution is 2.42. The minimum Gasteiger partial charge on any atom is -0.496 e. The van der Waals surface area contributed by atoms with Crippen molar-refractivity contribution in [3.05, 3.63) is 52.7 Å². The van der Waals surface area contributed by atoms with E-state index in [1.165, 1.54) is 38.1 Å². The summed E-state index contributed by atoms with van der Waals surface area (Å²) in [5.74, 6) is -0.249. The van der Waals surface area contributed by atoms with Crippen LogP contribution >= 0.6 is 11.3 Å². The summed E-state index contributed by atoms with van der Waals surface area (Å²) in [7, 11) is 2.90. The molecule has 0 unspecified atom stereocenters. The predicted molar refractivity (Wildman–Crippen MR) is 130 cm³/mol. The topological polar surface area (TPSA) is 177 Å². The van der Waals surface area contributed by atoms with E-state index in [-0.39, 0.29) is 28.8 Å². The SMILES string of the molecule is COc1cccc(OC)c1-c1cc(C(=O)Nc2nnc(-n3nccc3N)s2)oc(=O)c1OC[C@H](C)O. The molecule has 14 heteroatoms. The van der Waals surface area contributed by atoms with E-state index in [2.05, 4.69) is 20.6 Å². The van der Waals surface area contributed by atoms with Crippen LogP contribution in [0.15, 0.2) is 45.7 Å². The largest absolute Gasteiger partial charge is 0.496 e. The van der Waals surface area contributed by atoms with Gasteiger partial charge in [0, 0.05) is 11.6 Å².